The van der Waals surface area contributed by atoms with Gasteiger partial charge in [0.25, 0.3) is 0 Å². The van der Waals surface area contributed by atoms with E-state index in [0.29, 0.717) is 24.3 Å². The van der Waals surface area contributed by atoms with Crippen molar-refractivity contribution in [2.75, 3.05) is 26.7 Å². The summed E-state index contributed by atoms with van der Waals surface area (Å²) >= 11 is 4.23. The number of hydrogen-bond donors (Lipinski definition) is 1. The predicted molar refractivity (Wildman–Crippen MR) is 61.4 cm³/mol. The van der Waals surface area contributed by atoms with Crippen LogP contribution in [0.25, 0.3) is 0 Å². The third-order valence-corrected chi connectivity index (χ3v) is 3.28. The second kappa shape index (κ2) is 5.14. The predicted octanol–water partition coefficient (Wildman–Crippen LogP) is 1.06. The molecule has 2 unspecified atom stereocenters. The third-order valence-electron chi connectivity index (χ3n) is 2.97. The van der Waals surface area contributed by atoms with Crippen LogP contribution in [-0.4, -0.2) is 47.7 Å². The van der Waals surface area contributed by atoms with Crippen LogP contribution in [-0.2, 0) is 4.79 Å². The van der Waals surface area contributed by atoms with Crippen molar-refractivity contribution >= 4 is 18.6 Å². The van der Waals surface area contributed by atoms with E-state index in [1.54, 1.807) is 0 Å². The number of piperidine rings is 1. The molecular weight excluding hydrogens is 196 g/mol. The van der Waals surface area contributed by atoms with Crippen LogP contribution in [0.3, 0.4) is 0 Å². The number of carbonyl (C=O) groups is 1. The monoisotopic (exact) mass is 216 g/mol. The van der Waals surface area contributed by atoms with Gasteiger partial charge in [-0.15, -0.1) is 0 Å². The van der Waals surface area contributed by atoms with Gasteiger partial charge in [-0.1, -0.05) is 26.7 Å². The van der Waals surface area contributed by atoms with Crippen molar-refractivity contribution in [1.82, 2.24) is 9.21 Å². The highest BCUT2D eigenvalue weighted by molar-refractivity contribution is 7.77. The first-order valence-corrected chi connectivity index (χ1v) is 5.75. The van der Waals surface area contributed by atoms with Gasteiger partial charge in [-0.2, -0.15) is 0 Å². The summed E-state index contributed by atoms with van der Waals surface area (Å²) in [7, 11) is 2.09. The Morgan fingerprint density at radius 3 is 2.71 bits per heavy atom. The number of fused-ring (bicyclic) bond motifs is 1. The Balaban J connectivity index is 0.000000461. The Kier molecular flexibility index (Phi) is 4.41. The molecule has 82 valence electrons. The van der Waals surface area contributed by atoms with Gasteiger partial charge in [0.1, 0.15) is 0 Å². The van der Waals surface area contributed by atoms with E-state index >= 15 is 0 Å². The quantitative estimate of drug-likeness (QED) is 0.613. The second-order valence-electron chi connectivity index (χ2n) is 3.76. The fraction of sp³-hybridized carbons (Fsp3) is 0.900. The van der Waals surface area contributed by atoms with Gasteiger partial charge in [-0.05, 0) is 20.0 Å². The lowest BCUT2D eigenvalue weighted by molar-refractivity contribution is -0.125. The number of hydrogen-bond acceptors (Lipinski definition) is 4. The topological polar surface area (TPSA) is 23.6 Å². The van der Waals surface area contributed by atoms with Gasteiger partial charge in [-0.3, -0.25) is 4.79 Å². The van der Waals surface area contributed by atoms with Crippen LogP contribution >= 0.6 is 12.8 Å². The van der Waals surface area contributed by atoms with Gasteiger partial charge >= 0.3 is 0 Å². The molecule has 0 N–H and O–H groups in total. The molecule has 0 saturated carbocycles. The van der Waals surface area contributed by atoms with Crippen molar-refractivity contribution in [3.05, 3.63) is 0 Å². The van der Waals surface area contributed by atoms with E-state index < -0.39 is 0 Å². The molecule has 0 amide bonds. The maximum Gasteiger partial charge on any atom is 0.152 e. The molecule has 0 spiro atoms. The molecule has 0 aromatic rings. The van der Waals surface area contributed by atoms with Gasteiger partial charge < -0.3 is 4.90 Å². The van der Waals surface area contributed by atoms with Crippen molar-refractivity contribution < 1.29 is 4.79 Å². The number of likely N-dealkylation sites (tertiary alicyclic amines) is 1. The maximum atomic E-state index is 11.5. The van der Waals surface area contributed by atoms with E-state index in [-0.39, 0.29) is 0 Å². The van der Waals surface area contributed by atoms with Gasteiger partial charge in [-0.25, -0.2) is 4.31 Å². The highest BCUT2D eigenvalue weighted by Gasteiger charge is 2.40. The van der Waals surface area contributed by atoms with Crippen molar-refractivity contribution in [1.29, 1.82) is 0 Å². The average molecular weight is 216 g/mol. The van der Waals surface area contributed by atoms with Crippen molar-refractivity contribution in [3.63, 3.8) is 0 Å². The van der Waals surface area contributed by atoms with E-state index in [1.807, 2.05) is 18.2 Å². The minimum Gasteiger partial charge on any atom is -0.301 e. The molecule has 4 heteroatoms. The van der Waals surface area contributed by atoms with Gasteiger partial charge in [0.15, 0.2) is 5.78 Å². The molecule has 2 heterocycles. The maximum absolute atomic E-state index is 11.5. The summed E-state index contributed by atoms with van der Waals surface area (Å²) in [5.41, 5.74) is 0. The van der Waals surface area contributed by atoms with Gasteiger partial charge in [0.2, 0.25) is 0 Å². The highest BCUT2D eigenvalue weighted by Crippen LogP contribution is 2.28. The number of ketones is 1. The Bertz CT molecular complexity index is 210. The molecule has 0 aliphatic carbocycles. The lowest BCUT2D eigenvalue weighted by atomic mass is 9.92. The summed E-state index contributed by atoms with van der Waals surface area (Å²) in [5.74, 6) is 0.656. The molecule has 2 fully saturated rings. The Morgan fingerprint density at radius 1 is 1.43 bits per heavy atom. The normalized spacial score (nSPS) is 33.6. The van der Waals surface area contributed by atoms with E-state index in [2.05, 4.69) is 24.8 Å². The van der Waals surface area contributed by atoms with Gasteiger partial charge in [0, 0.05) is 18.5 Å². The molecule has 3 nitrogen and oxygen atoms in total. The summed E-state index contributed by atoms with van der Waals surface area (Å²) in [4.78, 5) is 13.8. The zero-order valence-electron chi connectivity index (χ0n) is 9.23. The summed E-state index contributed by atoms with van der Waals surface area (Å²) in [5, 5.41) is 0. The fourth-order valence-corrected chi connectivity index (χ4v) is 2.53. The van der Waals surface area contributed by atoms with E-state index in [4.69, 9.17) is 0 Å². The Hall–Kier alpha value is -0.0600. The van der Waals surface area contributed by atoms with E-state index in [1.165, 1.54) is 0 Å². The van der Waals surface area contributed by atoms with Crippen LogP contribution < -0.4 is 0 Å². The van der Waals surface area contributed by atoms with Crippen molar-refractivity contribution in [3.8, 4) is 0 Å². The molecule has 2 atom stereocenters. The largest absolute Gasteiger partial charge is 0.301 e. The van der Waals surface area contributed by atoms with Gasteiger partial charge in [0.05, 0.1) is 6.54 Å². The number of carbonyl (C=O) groups excluding carboxylic acids is 1. The first-order valence-electron chi connectivity index (χ1n) is 5.35. The minimum atomic E-state index is 0.290. The molecule has 0 aromatic heterocycles. The Morgan fingerprint density at radius 2 is 2.07 bits per heavy atom. The van der Waals surface area contributed by atoms with Crippen LogP contribution in [0.1, 0.15) is 20.3 Å². The number of nitrogens with zero attached hydrogens (tertiary/aromatic N) is 2. The smallest absolute Gasteiger partial charge is 0.152 e. The van der Waals surface area contributed by atoms with Crippen molar-refractivity contribution in [2.45, 2.75) is 26.3 Å². The summed E-state index contributed by atoms with van der Waals surface area (Å²) in [6.45, 7) is 6.51. The molecule has 0 radical (unpaired) electrons. The number of rotatable bonds is 0. The molecule has 14 heavy (non-hydrogen) atoms. The molecule has 2 rings (SSSR count). The lowest BCUT2D eigenvalue weighted by Gasteiger charge is -2.33. The molecule has 2 aliphatic rings. The summed E-state index contributed by atoms with van der Waals surface area (Å²) in [6, 6.07) is 0.420. The third kappa shape index (κ3) is 2.30. The van der Waals surface area contributed by atoms with Crippen molar-refractivity contribution in [2.24, 2.45) is 5.92 Å². The molecule has 2 saturated heterocycles. The molecule has 2 aliphatic heterocycles. The number of Topliss-reactive ketones (excluding diaryl/α,β-unsaturated/α-hetero) is 1. The molecular formula is C10H20N2OS. The number of thiol groups is 1. The first-order chi connectivity index (χ1) is 6.68. The lowest BCUT2D eigenvalue weighted by Crippen LogP contribution is -2.48. The van der Waals surface area contributed by atoms with Crippen LogP contribution in [0.5, 0.6) is 0 Å². The highest BCUT2D eigenvalue weighted by atomic mass is 32.1. The van der Waals surface area contributed by atoms with Crippen LogP contribution in [0.4, 0.5) is 0 Å². The zero-order chi connectivity index (χ0) is 10.7. The second-order valence-corrected chi connectivity index (χ2v) is 4.32. The fourth-order valence-electron chi connectivity index (χ4n) is 2.23. The standard InChI is InChI=1S/C8H14N2OS.C2H6/c1-9-3-2-6-7(9)4-10(12)5-8(6)11;1-2/h6-7,12H,2-5H2,1H3;1-2H3. The van der Waals surface area contributed by atoms with Crippen LogP contribution in [0.2, 0.25) is 0 Å². The average Bonchev–Trinajstić information content (AvgIpc) is 2.52. The SMILES string of the molecule is CC.CN1CCC2C(=O)CN(S)CC21. The van der Waals surface area contributed by atoms with Crippen LogP contribution in [0.15, 0.2) is 0 Å². The van der Waals surface area contributed by atoms with E-state index in [9.17, 15) is 4.79 Å². The molecule has 0 aromatic carbocycles. The summed E-state index contributed by atoms with van der Waals surface area (Å²) in [6.07, 6.45) is 1.04. The van der Waals surface area contributed by atoms with Crippen LogP contribution in [0, 0.1) is 5.92 Å². The zero-order valence-corrected chi connectivity index (χ0v) is 10.1. The minimum absolute atomic E-state index is 0.290. The number of likely N-dealkylation sites (N-methyl/N-ethyl adjacent to an activating group) is 1. The summed E-state index contributed by atoms with van der Waals surface area (Å²) < 4.78 is 1.82. The molecule has 0 bridgehead atoms. The van der Waals surface area contributed by atoms with E-state index in [0.717, 1.165) is 19.5 Å². The first kappa shape index (κ1) is 12.0. The Labute approximate surface area is 92.0 Å².